The van der Waals surface area contributed by atoms with Gasteiger partial charge in [0.2, 0.25) is 6.29 Å². The molecule has 0 aromatic heterocycles. The molecule has 0 saturated carbocycles. The average Bonchev–Trinajstić information content (AvgIpc) is 2.44. The maximum absolute atomic E-state index is 11.7. The third-order valence-corrected chi connectivity index (χ3v) is 4.11. The van der Waals surface area contributed by atoms with Crippen LogP contribution in [0.3, 0.4) is 0 Å². The molecule has 4 unspecified atom stereocenters. The summed E-state index contributed by atoms with van der Waals surface area (Å²) in [7, 11) is 0. The van der Waals surface area contributed by atoms with Gasteiger partial charge < -0.3 is 14.2 Å². The first kappa shape index (κ1) is 20.0. The fraction of sp³-hybridized carbons (Fsp3) is 0.733. The van der Waals surface area contributed by atoms with Crippen LogP contribution in [0.2, 0.25) is 0 Å². The Morgan fingerprint density at radius 2 is 1.90 bits per heavy atom. The number of carbonyl (C=O) groups is 2. The van der Waals surface area contributed by atoms with Gasteiger partial charge in [-0.3, -0.25) is 0 Å². The fourth-order valence-corrected chi connectivity index (χ4v) is 2.29. The average molecular weight is 318 g/mol. The molecule has 1 fully saturated rings. The summed E-state index contributed by atoms with van der Waals surface area (Å²) in [5, 5.41) is 0.369. The molecule has 1 heterocycles. The molecule has 1 rings (SSSR count). The maximum Gasteiger partial charge on any atom is 0.349 e. The lowest BCUT2D eigenvalue weighted by atomic mass is 10.3. The van der Waals surface area contributed by atoms with Crippen LogP contribution in [0.25, 0.3) is 0 Å². The molecule has 0 aromatic carbocycles. The quantitative estimate of drug-likeness (QED) is 0.587. The van der Waals surface area contributed by atoms with Crippen LogP contribution in [-0.4, -0.2) is 41.4 Å². The predicted molar refractivity (Wildman–Crippen MR) is 84.1 cm³/mol. The number of hydrogen-bond acceptors (Lipinski definition) is 6. The van der Waals surface area contributed by atoms with E-state index in [9.17, 15) is 9.59 Å². The van der Waals surface area contributed by atoms with Crippen molar-refractivity contribution in [1.82, 2.24) is 0 Å². The summed E-state index contributed by atoms with van der Waals surface area (Å²) in [6, 6.07) is 0. The highest BCUT2D eigenvalue weighted by Gasteiger charge is 2.30. The number of esters is 2. The zero-order chi connectivity index (χ0) is 16.6. The highest BCUT2D eigenvalue weighted by atomic mass is 32.2. The molecule has 6 heteroatoms. The molecule has 122 valence electrons. The van der Waals surface area contributed by atoms with Gasteiger partial charge in [-0.2, -0.15) is 0 Å². The molecular weight excluding hydrogens is 292 g/mol. The van der Waals surface area contributed by atoms with E-state index in [1.165, 1.54) is 13.8 Å². The lowest BCUT2D eigenvalue weighted by molar-refractivity contribution is -0.195. The molecule has 0 spiro atoms. The molecule has 1 aliphatic heterocycles. The zero-order valence-electron chi connectivity index (χ0n) is 13.7. The van der Waals surface area contributed by atoms with Gasteiger partial charge in [-0.15, -0.1) is 11.8 Å². The number of ether oxygens (including phenoxy) is 3. The van der Waals surface area contributed by atoms with Crippen molar-refractivity contribution >= 4 is 23.7 Å². The van der Waals surface area contributed by atoms with Crippen molar-refractivity contribution in [1.29, 1.82) is 0 Å². The van der Waals surface area contributed by atoms with E-state index in [4.69, 9.17) is 14.2 Å². The van der Waals surface area contributed by atoms with E-state index in [-0.39, 0.29) is 11.7 Å². The molecule has 1 saturated heterocycles. The lowest BCUT2D eigenvalue weighted by Gasteiger charge is -2.32. The third kappa shape index (κ3) is 7.00. The number of hydrogen-bond donors (Lipinski definition) is 0. The van der Waals surface area contributed by atoms with E-state index in [1.54, 1.807) is 11.8 Å². The minimum atomic E-state index is -0.965. The molecule has 21 heavy (non-hydrogen) atoms. The Bertz CT molecular complexity index is 369. The second-order valence-corrected chi connectivity index (χ2v) is 5.98. The SMILES string of the molecule is C=C(C)C(=O)OC(C)C(=O)OC1CSC(C)C(C)O1.CC. The van der Waals surface area contributed by atoms with E-state index in [0.29, 0.717) is 11.0 Å². The monoisotopic (exact) mass is 318 g/mol. The van der Waals surface area contributed by atoms with Gasteiger partial charge in [0.15, 0.2) is 6.10 Å². The smallest absolute Gasteiger partial charge is 0.349 e. The molecule has 0 amide bonds. The van der Waals surface area contributed by atoms with Crippen molar-refractivity contribution in [3.63, 3.8) is 0 Å². The summed E-state index contributed by atoms with van der Waals surface area (Å²) < 4.78 is 15.6. The van der Waals surface area contributed by atoms with Crippen LogP contribution in [0.15, 0.2) is 12.2 Å². The van der Waals surface area contributed by atoms with Gasteiger partial charge in [0.1, 0.15) is 0 Å². The van der Waals surface area contributed by atoms with Crippen molar-refractivity contribution in [2.45, 2.75) is 65.3 Å². The largest absolute Gasteiger partial charge is 0.447 e. The Kier molecular flexibility index (Phi) is 9.37. The highest BCUT2D eigenvalue weighted by Crippen LogP contribution is 2.26. The first-order chi connectivity index (χ1) is 9.81. The van der Waals surface area contributed by atoms with Gasteiger partial charge in [0, 0.05) is 10.8 Å². The van der Waals surface area contributed by atoms with Crippen molar-refractivity contribution < 1.29 is 23.8 Å². The van der Waals surface area contributed by atoms with Crippen LogP contribution >= 0.6 is 11.8 Å². The predicted octanol–water partition coefficient (Wildman–Crippen LogP) is 2.93. The summed E-state index contributed by atoms with van der Waals surface area (Å²) in [6.45, 7) is 14.4. The Labute approximate surface area is 131 Å². The summed E-state index contributed by atoms with van der Waals surface area (Å²) in [6.07, 6.45) is -1.54. The van der Waals surface area contributed by atoms with Gasteiger partial charge in [-0.1, -0.05) is 27.4 Å². The zero-order valence-corrected chi connectivity index (χ0v) is 14.5. The Morgan fingerprint density at radius 3 is 2.38 bits per heavy atom. The Hall–Kier alpha value is -1.01. The highest BCUT2D eigenvalue weighted by molar-refractivity contribution is 8.00. The summed E-state index contributed by atoms with van der Waals surface area (Å²) in [5.41, 5.74) is 0.242. The summed E-state index contributed by atoms with van der Waals surface area (Å²) in [4.78, 5) is 23.0. The fourth-order valence-electron chi connectivity index (χ4n) is 1.35. The van der Waals surface area contributed by atoms with Crippen LogP contribution in [0.4, 0.5) is 0 Å². The molecule has 0 bridgehead atoms. The lowest BCUT2D eigenvalue weighted by Crippen LogP contribution is -2.39. The number of rotatable bonds is 4. The molecular formula is C15H26O5S. The van der Waals surface area contributed by atoms with Gasteiger partial charge in [0.05, 0.1) is 11.9 Å². The summed E-state index contributed by atoms with van der Waals surface area (Å²) >= 11 is 1.68. The third-order valence-electron chi connectivity index (χ3n) is 2.73. The first-order valence-electron chi connectivity index (χ1n) is 7.15. The minimum absolute atomic E-state index is 0.0184. The van der Waals surface area contributed by atoms with Crippen LogP contribution in [0, 0.1) is 0 Å². The Morgan fingerprint density at radius 1 is 1.33 bits per heavy atom. The Balaban J connectivity index is 0.00000191. The van der Waals surface area contributed by atoms with Gasteiger partial charge in [-0.25, -0.2) is 9.59 Å². The second kappa shape index (κ2) is 9.84. The maximum atomic E-state index is 11.7. The second-order valence-electron chi connectivity index (χ2n) is 4.57. The summed E-state index contributed by atoms with van der Waals surface area (Å²) in [5.74, 6) is -0.634. The standard InChI is InChI=1S/C13H20O5S.C2H6/c1-7(2)12(14)17-9(4)13(15)18-11-6-19-10(5)8(3)16-11;1-2/h8-11H,1,6H2,2-5H3;1-2H3. The van der Waals surface area contributed by atoms with Gasteiger partial charge >= 0.3 is 11.9 Å². The van der Waals surface area contributed by atoms with E-state index in [1.807, 2.05) is 20.8 Å². The molecule has 4 atom stereocenters. The van der Waals surface area contributed by atoms with Gasteiger partial charge in [-0.05, 0) is 20.8 Å². The minimum Gasteiger partial charge on any atom is -0.447 e. The van der Waals surface area contributed by atoms with Crippen molar-refractivity contribution in [3.05, 3.63) is 12.2 Å². The van der Waals surface area contributed by atoms with Crippen LogP contribution in [0.5, 0.6) is 0 Å². The normalized spacial score (nSPS) is 25.9. The topological polar surface area (TPSA) is 61.8 Å². The van der Waals surface area contributed by atoms with Crippen LogP contribution in [0.1, 0.15) is 41.5 Å². The molecule has 0 radical (unpaired) electrons. The van der Waals surface area contributed by atoms with Crippen LogP contribution < -0.4 is 0 Å². The molecule has 0 aliphatic carbocycles. The van der Waals surface area contributed by atoms with Crippen molar-refractivity contribution in [2.24, 2.45) is 0 Å². The molecule has 0 aromatic rings. The first-order valence-corrected chi connectivity index (χ1v) is 8.20. The molecule has 0 N–H and O–H groups in total. The van der Waals surface area contributed by atoms with E-state index in [0.717, 1.165) is 0 Å². The van der Waals surface area contributed by atoms with E-state index >= 15 is 0 Å². The van der Waals surface area contributed by atoms with Crippen molar-refractivity contribution in [3.8, 4) is 0 Å². The van der Waals surface area contributed by atoms with E-state index in [2.05, 4.69) is 13.5 Å². The molecule has 1 aliphatic rings. The number of carbonyl (C=O) groups excluding carboxylic acids is 2. The van der Waals surface area contributed by atoms with Crippen molar-refractivity contribution in [2.75, 3.05) is 5.75 Å². The van der Waals surface area contributed by atoms with Crippen LogP contribution in [-0.2, 0) is 23.8 Å². The molecule has 5 nitrogen and oxygen atoms in total. The van der Waals surface area contributed by atoms with Gasteiger partial charge in [0.25, 0.3) is 0 Å². The number of thioether (sulfide) groups is 1. The van der Waals surface area contributed by atoms with E-state index < -0.39 is 24.3 Å².